The fraction of sp³-hybridized carbons (Fsp3) is 0. The molecule has 348 valence electrons. The lowest BCUT2D eigenvalue weighted by molar-refractivity contribution is 1.25. The number of anilines is 9. The van der Waals surface area contributed by atoms with E-state index in [9.17, 15) is 0 Å². The second kappa shape index (κ2) is 18.3. The molecule has 0 fully saturated rings. The zero-order chi connectivity index (χ0) is 49.0. The standard InChI is InChI=1S/C70H47N3S/c1-4-24-50(25-5-1)71(53-42-43-62-60-34-13-12-32-58(60)59-33-14-15-35-61(59)65(62)47-53)54-44-49(45-55(46-54)72(51-26-6-2-7-27-51)66-39-20-23-48-22-10-11-30-56(48)66)57-31-16-18-38-67(57)73(52-28-8-3-9-29-52)68-40-21-37-64-63-36-17-19-41-69(63)74-70(64)68/h1-47H. The van der Waals surface area contributed by atoms with Crippen LogP contribution in [0.5, 0.6) is 0 Å². The largest absolute Gasteiger partial charge is 0.310 e. The molecule has 0 amide bonds. The van der Waals surface area contributed by atoms with E-state index in [1.807, 2.05) is 11.3 Å². The fourth-order valence-corrected chi connectivity index (χ4v) is 12.5. The maximum Gasteiger partial charge on any atom is 0.0640 e. The molecule has 0 saturated carbocycles. The van der Waals surface area contributed by atoms with Crippen molar-refractivity contribution in [3.05, 3.63) is 285 Å². The normalized spacial score (nSPS) is 11.5. The highest BCUT2D eigenvalue weighted by Crippen LogP contribution is 2.50. The monoisotopic (exact) mass is 961 g/mol. The van der Waals surface area contributed by atoms with E-state index in [1.54, 1.807) is 0 Å². The van der Waals surface area contributed by atoms with E-state index in [-0.39, 0.29) is 0 Å². The van der Waals surface area contributed by atoms with Crippen molar-refractivity contribution in [1.82, 2.24) is 0 Å². The third-order valence-electron chi connectivity index (χ3n) is 14.5. The summed E-state index contributed by atoms with van der Waals surface area (Å²) in [6.45, 7) is 0. The van der Waals surface area contributed by atoms with Crippen molar-refractivity contribution in [2.75, 3.05) is 14.7 Å². The summed E-state index contributed by atoms with van der Waals surface area (Å²) in [6.07, 6.45) is 0. The molecule has 0 N–H and O–H groups in total. The molecule has 0 saturated heterocycles. The first-order chi connectivity index (χ1) is 36.7. The first-order valence-corrected chi connectivity index (χ1v) is 26.1. The highest BCUT2D eigenvalue weighted by Gasteiger charge is 2.25. The van der Waals surface area contributed by atoms with E-state index >= 15 is 0 Å². The van der Waals surface area contributed by atoms with Crippen molar-refractivity contribution in [2.24, 2.45) is 0 Å². The van der Waals surface area contributed by atoms with Gasteiger partial charge in [0.2, 0.25) is 0 Å². The minimum absolute atomic E-state index is 1.03. The molecule has 0 atom stereocenters. The van der Waals surface area contributed by atoms with Crippen molar-refractivity contribution < 1.29 is 0 Å². The van der Waals surface area contributed by atoms with E-state index in [0.29, 0.717) is 0 Å². The molecule has 0 aliphatic rings. The van der Waals surface area contributed by atoms with E-state index in [0.717, 1.165) is 62.3 Å². The second-order valence-electron chi connectivity index (χ2n) is 18.8. The van der Waals surface area contributed by atoms with Gasteiger partial charge in [-0.15, -0.1) is 11.3 Å². The van der Waals surface area contributed by atoms with Crippen LogP contribution in [0.15, 0.2) is 285 Å². The lowest BCUT2D eigenvalue weighted by atomic mass is 9.94. The van der Waals surface area contributed by atoms with Crippen LogP contribution in [0.3, 0.4) is 0 Å². The Kier molecular flexibility index (Phi) is 10.7. The first kappa shape index (κ1) is 43.3. The summed E-state index contributed by atoms with van der Waals surface area (Å²) in [7, 11) is 0. The van der Waals surface area contributed by atoms with Crippen molar-refractivity contribution in [2.45, 2.75) is 0 Å². The Labute approximate surface area is 434 Å². The number of para-hydroxylation sites is 4. The molecule has 0 unspecified atom stereocenters. The van der Waals surface area contributed by atoms with Gasteiger partial charge in [-0.25, -0.2) is 0 Å². The van der Waals surface area contributed by atoms with E-state index < -0.39 is 0 Å². The van der Waals surface area contributed by atoms with Gasteiger partial charge >= 0.3 is 0 Å². The zero-order valence-corrected chi connectivity index (χ0v) is 41.2. The topological polar surface area (TPSA) is 9.72 Å². The minimum atomic E-state index is 1.03. The highest BCUT2D eigenvalue weighted by molar-refractivity contribution is 7.26. The number of benzene rings is 13. The lowest BCUT2D eigenvalue weighted by Gasteiger charge is -2.32. The number of rotatable bonds is 10. The summed E-state index contributed by atoms with van der Waals surface area (Å²) in [6, 6.07) is 104. The maximum atomic E-state index is 2.47. The summed E-state index contributed by atoms with van der Waals surface area (Å²) in [5, 5.41) is 12.4. The molecule has 0 spiro atoms. The average Bonchev–Trinajstić information content (AvgIpc) is 3.86. The molecule has 0 bridgehead atoms. The number of hydrogen-bond donors (Lipinski definition) is 0. The Bertz CT molecular complexity index is 4350. The molecule has 0 aliphatic carbocycles. The molecule has 13 aromatic carbocycles. The van der Waals surface area contributed by atoms with Crippen LogP contribution in [-0.2, 0) is 0 Å². The Morgan fingerprint density at radius 1 is 0.230 bits per heavy atom. The molecular formula is C70H47N3S. The Morgan fingerprint density at radius 3 is 1.38 bits per heavy atom. The van der Waals surface area contributed by atoms with Crippen LogP contribution < -0.4 is 14.7 Å². The Balaban J connectivity index is 1.06. The summed E-state index contributed by atoms with van der Waals surface area (Å²) in [4.78, 5) is 7.35. The van der Waals surface area contributed by atoms with Gasteiger partial charge in [-0.1, -0.05) is 194 Å². The summed E-state index contributed by atoms with van der Waals surface area (Å²) in [5.74, 6) is 0. The molecule has 0 radical (unpaired) electrons. The smallest absolute Gasteiger partial charge is 0.0640 e. The van der Waals surface area contributed by atoms with Crippen LogP contribution in [-0.4, -0.2) is 0 Å². The number of fused-ring (bicyclic) bond motifs is 10. The molecule has 0 aliphatic heterocycles. The predicted molar refractivity (Wildman–Crippen MR) is 319 cm³/mol. The zero-order valence-electron chi connectivity index (χ0n) is 40.4. The fourth-order valence-electron chi connectivity index (χ4n) is 11.3. The SMILES string of the molecule is c1ccc(N(c2cc(-c3ccccc3N(c3ccccc3)c3cccc4c3sc3ccccc34)cc(N(c3ccccc3)c3cccc4ccccc34)c2)c2ccc3c4ccccc4c4ccccc4c3c2)cc1. The van der Waals surface area contributed by atoms with Crippen LogP contribution in [0, 0.1) is 0 Å². The van der Waals surface area contributed by atoms with Crippen LogP contribution >= 0.6 is 11.3 Å². The van der Waals surface area contributed by atoms with Gasteiger partial charge in [0, 0.05) is 60.5 Å². The molecule has 74 heavy (non-hydrogen) atoms. The lowest BCUT2D eigenvalue weighted by Crippen LogP contribution is -2.14. The molecular weight excluding hydrogens is 915 g/mol. The van der Waals surface area contributed by atoms with Crippen LogP contribution in [0.2, 0.25) is 0 Å². The summed E-state index contributed by atoms with van der Waals surface area (Å²) in [5.41, 5.74) is 11.9. The minimum Gasteiger partial charge on any atom is -0.310 e. The van der Waals surface area contributed by atoms with Gasteiger partial charge in [0.15, 0.2) is 0 Å². The number of thiophene rings is 1. The van der Waals surface area contributed by atoms with Crippen molar-refractivity contribution >= 4 is 126 Å². The summed E-state index contributed by atoms with van der Waals surface area (Å²) < 4.78 is 2.53. The van der Waals surface area contributed by atoms with E-state index in [2.05, 4.69) is 300 Å². The van der Waals surface area contributed by atoms with Gasteiger partial charge in [-0.2, -0.15) is 0 Å². The van der Waals surface area contributed by atoms with Crippen molar-refractivity contribution in [3.8, 4) is 11.1 Å². The number of hydrogen-bond acceptors (Lipinski definition) is 4. The molecule has 3 nitrogen and oxygen atoms in total. The number of nitrogens with zero attached hydrogens (tertiary/aromatic N) is 3. The van der Waals surface area contributed by atoms with Gasteiger partial charge in [0.05, 0.1) is 21.8 Å². The van der Waals surface area contributed by atoms with Crippen LogP contribution in [0.4, 0.5) is 51.2 Å². The Morgan fingerprint density at radius 2 is 0.689 bits per heavy atom. The Hall–Kier alpha value is -9.48. The van der Waals surface area contributed by atoms with Crippen molar-refractivity contribution in [3.63, 3.8) is 0 Å². The third kappa shape index (κ3) is 7.42. The van der Waals surface area contributed by atoms with Gasteiger partial charge < -0.3 is 14.7 Å². The summed E-state index contributed by atoms with van der Waals surface area (Å²) >= 11 is 1.86. The average molecular weight is 962 g/mol. The molecule has 14 rings (SSSR count). The van der Waals surface area contributed by atoms with Gasteiger partial charge in [0.1, 0.15) is 0 Å². The van der Waals surface area contributed by atoms with E-state index in [4.69, 9.17) is 0 Å². The van der Waals surface area contributed by atoms with Gasteiger partial charge in [0.25, 0.3) is 0 Å². The predicted octanol–water partition coefficient (Wildman–Crippen LogP) is 20.7. The van der Waals surface area contributed by atoms with Crippen LogP contribution in [0.1, 0.15) is 0 Å². The quantitative estimate of drug-likeness (QED) is 0.126. The highest BCUT2D eigenvalue weighted by atomic mass is 32.1. The third-order valence-corrected chi connectivity index (χ3v) is 15.7. The first-order valence-electron chi connectivity index (χ1n) is 25.2. The van der Waals surface area contributed by atoms with Gasteiger partial charge in [-0.3, -0.25) is 0 Å². The van der Waals surface area contributed by atoms with Crippen LogP contribution in [0.25, 0.3) is 74.4 Å². The maximum absolute atomic E-state index is 2.47. The molecule has 14 aromatic rings. The van der Waals surface area contributed by atoms with E-state index in [1.165, 1.54) is 63.3 Å². The molecule has 4 heteroatoms. The van der Waals surface area contributed by atoms with Crippen molar-refractivity contribution in [1.29, 1.82) is 0 Å². The molecule has 1 heterocycles. The van der Waals surface area contributed by atoms with Gasteiger partial charge in [-0.05, 0) is 134 Å². The second-order valence-corrected chi connectivity index (χ2v) is 19.9. The molecule has 1 aromatic heterocycles.